The molecule has 0 aromatic heterocycles. The highest BCUT2D eigenvalue weighted by atomic mass is 16.5. The van der Waals surface area contributed by atoms with Crippen molar-refractivity contribution in [1.29, 1.82) is 0 Å². The van der Waals surface area contributed by atoms with Crippen LogP contribution in [-0.4, -0.2) is 25.3 Å². The van der Waals surface area contributed by atoms with Gasteiger partial charge in [0.25, 0.3) is 0 Å². The molecule has 1 saturated heterocycles. The molecule has 0 aromatic carbocycles. The summed E-state index contributed by atoms with van der Waals surface area (Å²) in [5, 5.41) is 3.77. The Balaban J connectivity index is 1.76. The largest absolute Gasteiger partial charge is 0.377 e. The summed E-state index contributed by atoms with van der Waals surface area (Å²) in [5.74, 6) is 1.71. The molecule has 0 radical (unpaired) electrons. The predicted molar refractivity (Wildman–Crippen MR) is 67.6 cm³/mol. The first-order chi connectivity index (χ1) is 7.77. The minimum Gasteiger partial charge on any atom is -0.377 e. The fraction of sp³-hybridized carbons (Fsp3) is 1.00. The minimum atomic E-state index is 0.495. The number of nitrogens with one attached hydrogen (secondary N) is 1. The predicted octanol–water partition coefficient (Wildman–Crippen LogP) is 2.97. The lowest BCUT2D eigenvalue weighted by molar-refractivity contribution is 0.0981. The lowest BCUT2D eigenvalue weighted by Crippen LogP contribution is -2.43. The fourth-order valence-electron chi connectivity index (χ4n) is 3.30. The number of ether oxygens (including phenoxy) is 1. The lowest BCUT2D eigenvalue weighted by atomic mass is 9.78. The maximum atomic E-state index is 5.68. The van der Waals surface area contributed by atoms with Gasteiger partial charge in [0, 0.05) is 19.2 Å². The molecule has 2 heteroatoms. The van der Waals surface area contributed by atoms with Crippen LogP contribution in [0.25, 0.3) is 0 Å². The summed E-state index contributed by atoms with van der Waals surface area (Å²) in [6.07, 6.45) is 8.63. The molecular formula is C14H27NO. The van der Waals surface area contributed by atoms with E-state index >= 15 is 0 Å². The van der Waals surface area contributed by atoms with Crippen LogP contribution < -0.4 is 5.32 Å². The van der Waals surface area contributed by atoms with E-state index in [1.807, 2.05) is 0 Å². The Kier molecular flexibility index (Phi) is 4.66. The average Bonchev–Trinajstić information content (AvgIpc) is 2.79. The summed E-state index contributed by atoms with van der Waals surface area (Å²) in [6, 6.07) is 0.748. The monoisotopic (exact) mass is 225 g/mol. The van der Waals surface area contributed by atoms with Crippen LogP contribution in [0.3, 0.4) is 0 Å². The van der Waals surface area contributed by atoms with Crippen molar-refractivity contribution in [2.24, 2.45) is 11.8 Å². The third-order valence-electron chi connectivity index (χ3n) is 4.31. The highest BCUT2D eigenvalue weighted by Crippen LogP contribution is 2.30. The maximum absolute atomic E-state index is 5.68. The number of hydrogen-bond donors (Lipinski definition) is 1. The summed E-state index contributed by atoms with van der Waals surface area (Å²) >= 11 is 0. The molecule has 3 atom stereocenters. The molecule has 1 heterocycles. The second-order valence-electron chi connectivity index (χ2n) is 5.84. The second-order valence-corrected chi connectivity index (χ2v) is 5.84. The number of rotatable bonds is 4. The molecule has 0 amide bonds. The lowest BCUT2D eigenvalue weighted by Gasteiger charge is -2.35. The molecule has 2 nitrogen and oxygen atoms in total. The molecule has 0 bridgehead atoms. The van der Waals surface area contributed by atoms with Gasteiger partial charge in [-0.2, -0.15) is 0 Å². The van der Waals surface area contributed by atoms with Crippen molar-refractivity contribution in [3.05, 3.63) is 0 Å². The van der Waals surface area contributed by atoms with E-state index in [9.17, 15) is 0 Å². The van der Waals surface area contributed by atoms with Crippen LogP contribution in [0.4, 0.5) is 0 Å². The van der Waals surface area contributed by atoms with Gasteiger partial charge in [0.1, 0.15) is 0 Å². The van der Waals surface area contributed by atoms with E-state index < -0.39 is 0 Å². The third kappa shape index (κ3) is 3.21. The van der Waals surface area contributed by atoms with Gasteiger partial charge in [-0.05, 0) is 37.5 Å². The van der Waals surface area contributed by atoms with Gasteiger partial charge < -0.3 is 10.1 Å². The van der Waals surface area contributed by atoms with E-state index in [2.05, 4.69) is 19.2 Å². The Bertz CT molecular complexity index is 199. The molecule has 1 saturated carbocycles. The van der Waals surface area contributed by atoms with Crippen molar-refractivity contribution in [2.45, 2.75) is 64.5 Å². The van der Waals surface area contributed by atoms with E-state index in [1.54, 1.807) is 0 Å². The number of hydrogen-bond acceptors (Lipinski definition) is 2. The van der Waals surface area contributed by atoms with Crippen LogP contribution in [0, 0.1) is 11.8 Å². The van der Waals surface area contributed by atoms with Gasteiger partial charge in [0.2, 0.25) is 0 Å². The molecule has 3 unspecified atom stereocenters. The molecule has 0 spiro atoms. The standard InChI is InChI=1S/C14H27NO/c1-11(2)13-7-3-4-8-14(13)15-10-12-6-5-9-16-12/h11-15H,3-10H2,1-2H3. The summed E-state index contributed by atoms with van der Waals surface area (Å²) < 4.78 is 5.68. The van der Waals surface area contributed by atoms with Gasteiger partial charge in [-0.25, -0.2) is 0 Å². The van der Waals surface area contributed by atoms with E-state index in [0.717, 1.165) is 31.0 Å². The summed E-state index contributed by atoms with van der Waals surface area (Å²) in [6.45, 7) is 6.80. The molecule has 1 N–H and O–H groups in total. The summed E-state index contributed by atoms with van der Waals surface area (Å²) in [7, 11) is 0. The molecule has 16 heavy (non-hydrogen) atoms. The molecule has 1 aliphatic heterocycles. The molecule has 1 aliphatic carbocycles. The van der Waals surface area contributed by atoms with Crippen molar-refractivity contribution in [3.63, 3.8) is 0 Å². The summed E-state index contributed by atoms with van der Waals surface area (Å²) in [5.41, 5.74) is 0. The topological polar surface area (TPSA) is 21.3 Å². The van der Waals surface area contributed by atoms with Crippen molar-refractivity contribution in [1.82, 2.24) is 5.32 Å². The van der Waals surface area contributed by atoms with Crippen LogP contribution in [0.5, 0.6) is 0 Å². The van der Waals surface area contributed by atoms with Gasteiger partial charge in [-0.3, -0.25) is 0 Å². The zero-order valence-corrected chi connectivity index (χ0v) is 10.9. The Morgan fingerprint density at radius 2 is 1.94 bits per heavy atom. The highest BCUT2D eigenvalue weighted by Gasteiger charge is 2.28. The molecule has 2 fully saturated rings. The Labute approximate surface area is 100 Å². The maximum Gasteiger partial charge on any atom is 0.0700 e. The molecular weight excluding hydrogens is 198 g/mol. The van der Waals surface area contributed by atoms with Crippen molar-refractivity contribution < 1.29 is 4.74 Å². The van der Waals surface area contributed by atoms with Crippen LogP contribution >= 0.6 is 0 Å². The molecule has 2 rings (SSSR count). The Morgan fingerprint density at radius 3 is 2.62 bits per heavy atom. The van der Waals surface area contributed by atoms with Crippen LogP contribution in [0.1, 0.15) is 52.4 Å². The smallest absolute Gasteiger partial charge is 0.0700 e. The van der Waals surface area contributed by atoms with Gasteiger partial charge in [0.15, 0.2) is 0 Å². The summed E-state index contributed by atoms with van der Waals surface area (Å²) in [4.78, 5) is 0. The average molecular weight is 225 g/mol. The van der Waals surface area contributed by atoms with Crippen LogP contribution in [0.15, 0.2) is 0 Å². The van der Waals surface area contributed by atoms with E-state index in [1.165, 1.54) is 38.5 Å². The van der Waals surface area contributed by atoms with Crippen molar-refractivity contribution in [2.75, 3.05) is 13.2 Å². The van der Waals surface area contributed by atoms with E-state index in [0.29, 0.717) is 6.10 Å². The van der Waals surface area contributed by atoms with Gasteiger partial charge in [0.05, 0.1) is 6.10 Å². The fourth-order valence-corrected chi connectivity index (χ4v) is 3.30. The Hall–Kier alpha value is -0.0800. The van der Waals surface area contributed by atoms with E-state index in [-0.39, 0.29) is 0 Å². The van der Waals surface area contributed by atoms with Crippen LogP contribution in [-0.2, 0) is 4.74 Å². The zero-order valence-electron chi connectivity index (χ0n) is 10.9. The minimum absolute atomic E-state index is 0.495. The molecule has 0 aromatic rings. The molecule has 94 valence electrons. The Morgan fingerprint density at radius 1 is 1.12 bits per heavy atom. The van der Waals surface area contributed by atoms with Gasteiger partial charge in [-0.15, -0.1) is 0 Å². The molecule has 2 aliphatic rings. The van der Waals surface area contributed by atoms with Crippen LogP contribution in [0.2, 0.25) is 0 Å². The zero-order chi connectivity index (χ0) is 11.4. The van der Waals surface area contributed by atoms with Crippen molar-refractivity contribution >= 4 is 0 Å². The van der Waals surface area contributed by atoms with E-state index in [4.69, 9.17) is 4.74 Å². The quantitative estimate of drug-likeness (QED) is 0.794. The first kappa shape index (κ1) is 12.4. The normalized spacial score (nSPS) is 35.8. The third-order valence-corrected chi connectivity index (χ3v) is 4.31. The van der Waals surface area contributed by atoms with Gasteiger partial charge in [-0.1, -0.05) is 26.7 Å². The highest BCUT2D eigenvalue weighted by molar-refractivity contribution is 4.84. The van der Waals surface area contributed by atoms with Crippen molar-refractivity contribution in [3.8, 4) is 0 Å². The second kappa shape index (κ2) is 6.02. The first-order valence-electron chi connectivity index (χ1n) is 7.12. The van der Waals surface area contributed by atoms with Gasteiger partial charge >= 0.3 is 0 Å². The SMILES string of the molecule is CC(C)C1CCCCC1NCC1CCCO1. The first-order valence-corrected chi connectivity index (χ1v) is 7.12.